The number of carbonyl (C=O) groups excluding carboxylic acids is 2. The van der Waals surface area contributed by atoms with Crippen LogP contribution in [0.1, 0.15) is 5.56 Å². The van der Waals surface area contributed by atoms with Gasteiger partial charge in [0.15, 0.2) is 0 Å². The molecule has 0 atom stereocenters. The molecular formula is C10H8Cl2N2O2. The molecule has 0 spiro atoms. The zero-order valence-corrected chi connectivity index (χ0v) is 9.68. The lowest BCUT2D eigenvalue weighted by Gasteiger charge is -2.15. The van der Waals surface area contributed by atoms with Gasteiger partial charge in [-0.25, -0.2) is 0 Å². The maximum Gasteiger partial charge on any atom is 0.237 e. The van der Waals surface area contributed by atoms with E-state index in [0.717, 1.165) is 0 Å². The Morgan fingerprint density at radius 1 is 1.44 bits per heavy atom. The zero-order chi connectivity index (χ0) is 11.9. The Hall–Kier alpha value is -1.26. The van der Waals surface area contributed by atoms with Gasteiger partial charge in [0.25, 0.3) is 0 Å². The molecular weight excluding hydrogens is 251 g/mol. The van der Waals surface area contributed by atoms with Crippen LogP contribution in [0.4, 0.5) is 5.69 Å². The van der Waals surface area contributed by atoms with Crippen molar-refractivity contribution in [1.82, 2.24) is 0 Å². The van der Waals surface area contributed by atoms with Crippen LogP contribution in [0.5, 0.6) is 0 Å². The van der Waals surface area contributed by atoms with Crippen LogP contribution >= 0.6 is 23.2 Å². The van der Waals surface area contributed by atoms with Crippen LogP contribution in [-0.2, 0) is 16.0 Å². The number of nitrogens with zero attached hydrogens (tertiary/aromatic N) is 1. The number of hydrogen-bond donors (Lipinski definition) is 1. The first-order valence-electron chi connectivity index (χ1n) is 4.56. The Bertz CT molecular complexity index is 488. The molecule has 6 heteroatoms. The number of fused-ring (bicyclic) bond motifs is 1. The maximum atomic E-state index is 11.6. The summed E-state index contributed by atoms with van der Waals surface area (Å²) in [4.78, 5) is 23.8. The largest absolute Gasteiger partial charge is 0.368 e. The summed E-state index contributed by atoms with van der Waals surface area (Å²) in [7, 11) is 0. The van der Waals surface area contributed by atoms with Crippen LogP contribution in [0.15, 0.2) is 12.1 Å². The van der Waals surface area contributed by atoms with Gasteiger partial charge in [-0.05, 0) is 12.1 Å². The highest BCUT2D eigenvalue weighted by Gasteiger charge is 2.30. The minimum atomic E-state index is -0.563. The van der Waals surface area contributed by atoms with E-state index >= 15 is 0 Å². The Morgan fingerprint density at radius 2 is 2.12 bits per heavy atom. The third-order valence-electron chi connectivity index (χ3n) is 2.41. The lowest BCUT2D eigenvalue weighted by molar-refractivity contribution is -0.121. The Morgan fingerprint density at radius 3 is 2.75 bits per heavy atom. The fraction of sp³-hybridized carbons (Fsp3) is 0.200. The zero-order valence-electron chi connectivity index (χ0n) is 8.17. The van der Waals surface area contributed by atoms with Crippen molar-refractivity contribution in [3.8, 4) is 0 Å². The normalized spacial score (nSPS) is 14.1. The van der Waals surface area contributed by atoms with Gasteiger partial charge in [0.2, 0.25) is 11.8 Å². The van der Waals surface area contributed by atoms with Crippen LogP contribution in [-0.4, -0.2) is 18.4 Å². The van der Waals surface area contributed by atoms with Crippen LogP contribution in [0.2, 0.25) is 10.0 Å². The van der Waals surface area contributed by atoms with E-state index in [9.17, 15) is 9.59 Å². The number of primary amides is 1. The first-order chi connectivity index (χ1) is 7.50. The summed E-state index contributed by atoms with van der Waals surface area (Å²) in [5.41, 5.74) is 6.33. The van der Waals surface area contributed by atoms with Crippen molar-refractivity contribution in [2.45, 2.75) is 6.42 Å². The summed E-state index contributed by atoms with van der Waals surface area (Å²) in [6.07, 6.45) is 0.155. The van der Waals surface area contributed by atoms with Gasteiger partial charge in [-0.15, -0.1) is 0 Å². The van der Waals surface area contributed by atoms with Gasteiger partial charge in [-0.3, -0.25) is 9.59 Å². The summed E-state index contributed by atoms with van der Waals surface area (Å²) in [5, 5.41) is 0.758. The third-order valence-corrected chi connectivity index (χ3v) is 3.25. The van der Waals surface area contributed by atoms with E-state index in [2.05, 4.69) is 0 Å². The van der Waals surface area contributed by atoms with Gasteiger partial charge < -0.3 is 10.6 Å². The Labute approximate surface area is 102 Å². The van der Waals surface area contributed by atoms with Crippen molar-refractivity contribution >= 4 is 40.7 Å². The van der Waals surface area contributed by atoms with Gasteiger partial charge in [-0.2, -0.15) is 0 Å². The quantitative estimate of drug-likeness (QED) is 0.871. The van der Waals surface area contributed by atoms with E-state index in [4.69, 9.17) is 28.9 Å². The highest BCUT2D eigenvalue weighted by molar-refractivity contribution is 6.43. The second kappa shape index (κ2) is 3.96. The standard InChI is InChI=1S/C10H8Cl2N2O2/c11-6-1-2-7-5(10(6)12)3-9(16)14(7)4-8(13)15/h1-2H,3-4H2,(H2,13,15). The Balaban J connectivity index is 2.46. The van der Waals surface area contributed by atoms with Gasteiger partial charge in [-0.1, -0.05) is 23.2 Å². The van der Waals surface area contributed by atoms with E-state index in [-0.39, 0.29) is 18.9 Å². The van der Waals surface area contributed by atoms with Crippen molar-refractivity contribution in [1.29, 1.82) is 0 Å². The number of benzene rings is 1. The molecule has 0 bridgehead atoms. The number of rotatable bonds is 2. The second-order valence-corrected chi connectivity index (χ2v) is 4.27. The monoisotopic (exact) mass is 258 g/mol. The molecule has 0 unspecified atom stereocenters. The highest BCUT2D eigenvalue weighted by atomic mass is 35.5. The van der Waals surface area contributed by atoms with E-state index in [1.54, 1.807) is 12.1 Å². The van der Waals surface area contributed by atoms with Gasteiger partial charge >= 0.3 is 0 Å². The molecule has 0 fully saturated rings. The molecule has 0 radical (unpaired) electrons. The van der Waals surface area contributed by atoms with Crippen LogP contribution in [0, 0.1) is 0 Å². The summed E-state index contributed by atoms with van der Waals surface area (Å²) < 4.78 is 0. The number of halogens is 2. The number of anilines is 1. The predicted octanol–water partition coefficient (Wildman–Crippen LogP) is 1.37. The molecule has 1 aliphatic rings. The summed E-state index contributed by atoms with van der Waals surface area (Å²) in [6, 6.07) is 3.26. The molecule has 1 heterocycles. The van der Waals surface area contributed by atoms with Crippen LogP contribution in [0.25, 0.3) is 0 Å². The van der Waals surface area contributed by atoms with Crippen LogP contribution < -0.4 is 10.6 Å². The number of amides is 2. The molecule has 1 aromatic carbocycles. The molecule has 0 saturated heterocycles. The van der Waals surface area contributed by atoms with Gasteiger partial charge in [0, 0.05) is 11.3 Å². The molecule has 16 heavy (non-hydrogen) atoms. The average molecular weight is 259 g/mol. The fourth-order valence-corrected chi connectivity index (χ4v) is 2.12. The summed E-state index contributed by atoms with van der Waals surface area (Å²) in [5.74, 6) is -0.759. The SMILES string of the molecule is NC(=O)CN1C(=O)Cc2c1ccc(Cl)c2Cl. The topological polar surface area (TPSA) is 63.4 Å². The lowest BCUT2D eigenvalue weighted by Crippen LogP contribution is -2.35. The van der Waals surface area contributed by atoms with E-state index in [0.29, 0.717) is 21.3 Å². The number of nitrogens with two attached hydrogens (primary N) is 1. The molecule has 0 aliphatic carbocycles. The summed E-state index contributed by atoms with van der Waals surface area (Å²) >= 11 is 11.8. The first-order valence-corrected chi connectivity index (χ1v) is 5.32. The van der Waals surface area contributed by atoms with Crippen molar-refractivity contribution in [3.05, 3.63) is 27.7 Å². The summed E-state index contributed by atoms with van der Waals surface area (Å²) in [6.45, 7) is -0.135. The van der Waals surface area contributed by atoms with E-state index in [1.165, 1.54) is 4.90 Å². The second-order valence-electron chi connectivity index (χ2n) is 3.48. The van der Waals surface area contributed by atoms with Crippen molar-refractivity contribution in [2.24, 2.45) is 5.73 Å². The molecule has 2 N–H and O–H groups in total. The smallest absolute Gasteiger partial charge is 0.237 e. The molecule has 2 amide bonds. The van der Waals surface area contributed by atoms with Crippen LogP contribution in [0.3, 0.4) is 0 Å². The minimum Gasteiger partial charge on any atom is -0.368 e. The molecule has 0 aromatic heterocycles. The van der Waals surface area contributed by atoms with Crippen molar-refractivity contribution in [2.75, 3.05) is 11.4 Å². The van der Waals surface area contributed by atoms with Crippen molar-refractivity contribution in [3.63, 3.8) is 0 Å². The number of hydrogen-bond acceptors (Lipinski definition) is 2. The molecule has 2 rings (SSSR count). The molecule has 4 nitrogen and oxygen atoms in total. The van der Waals surface area contributed by atoms with Gasteiger partial charge in [0.05, 0.1) is 16.5 Å². The minimum absolute atomic E-state index is 0.135. The Kier molecular flexibility index (Phi) is 2.78. The van der Waals surface area contributed by atoms with E-state index < -0.39 is 5.91 Å². The average Bonchev–Trinajstić information content (AvgIpc) is 2.51. The fourth-order valence-electron chi connectivity index (χ4n) is 1.71. The van der Waals surface area contributed by atoms with Crippen molar-refractivity contribution < 1.29 is 9.59 Å². The predicted molar refractivity (Wildman–Crippen MR) is 61.7 cm³/mol. The molecule has 84 valence electrons. The molecule has 0 saturated carbocycles. The van der Waals surface area contributed by atoms with Gasteiger partial charge in [0.1, 0.15) is 6.54 Å². The highest BCUT2D eigenvalue weighted by Crippen LogP contribution is 2.38. The third kappa shape index (κ3) is 1.74. The first kappa shape index (κ1) is 11.2. The van der Waals surface area contributed by atoms with E-state index in [1.807, 2.05) is 0 Å². The molecule has 1 aliphatic heterocycles. The molecule has 1 aromatic rings. The lowest BCUT2D eigenvalue weighted by atomic mass is 10.1. The maximum absolute atomic E-state index is 11.6. The number of carbonyl (C=O) groups is 2.